The van der Waals surface area contributed by atoms with Crippen molar-refractivity contribution >= 4 is 23.4 Å². The Balaban J connectivity index is 1.87. The lowest BCUT2D eigenvalue weighted by atomic mass is 9.78. The van der Waals surface area contributed by atoms with Gasteiger partial charge < -0.3 is 14.4 Å². The average molecular weight is 436 g/mol. The molecule has 2 aromatic carbocycles. The van der Waals surface area contributed by atoms with Gasteiger partial charge in [-0.25, -0.2) is 9.48 Å². The van der Waals surface area contributed by atoms with Gasteiger partial charge in [0.2, 0.25) is 5.88 Å². The molecule has 1 aromatic heterocycles. The molecular formula is C24H25N3O3S. The number of thioether (sulfide) groups is 1. The summed E-state index contributed by atoms with van der Waals surface area (Å²) in [4.78, 5) is 16.4. The van der Waals surface area contributed by atoms with Gasteiger partial charge in [0.1, 0.15) is 5.75 Å². The topological polar surface area (TPSA) is 56.6 Å². The summed E-state index contributed by atoms with van der Waals surface area (Å²) < 4.78 is 14.4. The van der Waals surface area contributed by atoms with E-state index in [0.717, 1.165) is 46.1 Å². The van der Waals surface area contributed by atoms with Crippen LogP contribution in [0, 0.1) is 6.92 Å². The Morgan fingerprint density at radius 2 is 1.90 bits per heavy atom. The zero-order valence-corrected chi connectivity index (χ0v) is 19.2. The van der Waals surface area contributed by atoms with E-state index in [1.54, 1.807) is 16.4 Å². The number of hydrogen-bond acceptors (Lipinski definition) is 6. The van der Waals surface area contributed by atoms with Crippen molar-refractivity contribution in [3.63, 3.8) is 0 Å². The van der Waals surface area contributed by atoms with Crippen molar-refractivity contribution in [2.45, 2.75) is 31.3 Å². The summed E-state index contributed by atoms with van der Waals surface area (Å²) in [5.74, 6) is 0.979. The normalized spacial score (nSPS) is 18.3. The predicted molar refractivity (Wildman–Crippen MR) is 122 cm³/mol. The van der Waals surface area contributed by atoms with Gasteiger partial charge in [0.15, 0.2) is 5.60 Å². The summed E-state index contributed by atoms with van der Waals surface area (Å²) in [5.41, 5.74) is 3.89. The molecule has 31 heavy (non-hydrogen) atoms. The number of anilines is 1. The van der Waals surface area contributed by atoms with E-state index in [4.69, 9.17) is 9.47 Å². The van der Waals surface area contributed by atoms with Gasteiger partial charge in [-0.1, -0.05) is 18.2 Å². The van der Waals surface area contributed by atoms with Crippen molar-refractivity contribution in [3.05, 3.63) is 64.3 Å². The fourth-order valence-electron chi connectivity index (χ4n) is 4.88. The summed E-state index contributed by atoms with van der Waals surface area (Å²) >= 11 is 1.68. The maximum Gasteiger partial charge on any atom is 0.340 e. The van der Waals surface area contributed by atoms with Crippen molar-refractivity contribution in [2.75, 3.05) is 24.2 Å². The van der Waals surface area contributed by atoms with Crippen LogP contribution in [0.2, 0.25) is 0 Å². The lowest BCUT2D eigenvalue weighted by molar-refractivity contribution is 0.0220. The first-order valence-electron chi connectivity index (χ1n) is 10.5. The Morgan fingerprint density at radius 1 is 1.16 bits per heavy atom. The Labute approximate surface area is 186 Å². The monoisotopic (exact) mass is 435 g/mol. The first-order valence-corrected chi connectivity index (χ1v) is 11.7. The van der Waals surface area contributed by atoms with Gasteiger partial charge >= 0.3 is 5.97 Å². The van der Waals surface area contributed by atoms with Gasteiger partial charge in [0.25, 0.3) is 0 Å². The van der Waals surface area contributed by atoms with Crippen LogP contribution in [-0.2, 0) is 17.4 Å². The maximum absolute atomic E-state index is 13.0. The molecule has 0 bridgehead atoms. The summed E-state index contributed by atoms with van der Waals surface area (Å²) in [5, 5.41) is 4.61. The van der Waals surface area contributed by atoms with E-state index in [0.29, 0.717) is 17.2 Å². The minimum atomic E-state index is -1.07. The average Bonchev–Trinajstić information content (AvgIpc) is 3.23. The van der Waals surface area contributed by atoms with Crippen LogP contribution in [0.15, 0.2) is 41.3 Å². The quantitative estimate of drug-likeness (QED) is 0.431. The van der Waals surface area contributed by atoms with Crippen LogP contribution in [0.4, 0.5) is 5.69 Å². The molecule has 1 atom stereocenters. The summed E-state index contributed by atoms with van der Waals surface area (Å²) in [6.45, 7) is 8.01. The lowest BCUT2D eigenvalue weighted by Gasteiger charge is -2.36. The molecule has 0 saturated heterocycles. The van der Waals surface area contributed by atoms with E-state index in [1.165, 1.54) is 0 Å². The third-order valence-corrected chi connectivity index (χ3v) is 7.03. The predicted octanol–water partition coefficient (Wildman–Crippen LogP) is 4.86. The van der Waals surface area contributed by atoms with E-state index in [9.17, 15) is 4.79 Å². The maximum atomic E-state index is 13.0. The highest BCUT2D eigenvalue weighted by molar-refractivity contribution is 7.98. The van der Waals surface area contributed by atoms with E-state index < -0.39 is 5.60 Å². The summed E-state index contributed by atoms with van der Waals surface area (Å²) in [6, 6.07) is 11.8. The van der Waals surface area contributed by atoms with Gasteiger partial charge in [0.05, 0.1) is 22.5 Å². The zero-order chi connectivity index (χ0) is 21.9. The largest absolute Gasteiger partial charge is 0.440 e. The molecule has 6 nitrogen and oxygen atoms in total. The van der Waals surface area contributed by atoms with Crippen LogP contribution in [0.25, 0.3) is 0 Å². The first-order chi connectivity index (χ1) is 15.0. The smallest absolute Gasteiger partial charge is 0.340 e. The fraction of sp³-hybridized carbons (Fsp3) is 0.333. The number of carbonyl (C=O) groups excluding carboxylic acids is 1. The molecular weight excluding hydrogens is 410 g/mol. The Morgan fingerprint density at radius 3 is 2.61 bits per heavy atom. The molecule has 7 heteroatoms. The molecule has 1 spiro atoms. The zero-order valence-electron chi connectivity index (χ0n) is 18.4. The number of nitrogens with zero attached hydrogens (tertiary/aromatic N) is 3. The highest BCUT2D eigenvalue weighted by atomic mass is 32.2. The third kappa shape index (κ3) is 2.59. The van der Waals surface area contributed by atoms with E-state index >= 15 is 0 Å². The molecule has 160 valence electrons. The minimum absolute atomic E-state index is 0.323. The van der Waals surface area contributed by atoms with Crippen molar-refractivity contribution < 1.29 is 14.3 Å². The van der Waals surface area contributed by atoms with E-state index in [-0.39, 0.29) is 5.97 Å². The molecule has 2 aliphatic rings. The highest BCUT2D eigenvalue weighted by Crippen LogP contribution is 2.58. The molecule has 0 saturated carbocycles. The van der Waals surface area contributed by atoms with Crippen molar-refractivity contribution in [3.8, 4) is 11.6 Å². The third-order valence-electron chi connectivity index (χ3n) is 6.26. The number of benzene rings is 2. The number of ether oxygens (including phenoxy) is 2. The Bertz CT molecular complexity index is 1220. The molecule has 0 radical (unpaired) electrons. The van der Waals surface area contributed by atoms with Gasteiger partial charge in [-0.05, 0) is 39.2 Å². The molecule has 3 heterocycles. The molecule has 2 aliphatic heterocycles. The molecule has 0 N–H and O–H groups in total. The van der Waals surface area contributed by atoms with Crippen LogP contribution >= 0.6 is 11.8 Å². The minimum Gasteiger partial charge on any atom is -0.440 e. The van der Waals surface area contributed by atoms with E-state index in [1.807, 2.05) is 38.2 Å². The van der Waals surface area contributed by atoms with Gasteiger partial charge in [-0.15, -0.1) is 11.8 Å². The number of aryl methyl sites for hydroxylation is 2. The van der Waals surface area contributed by atoms with Crippen molar-refractivity contribution in [1.29, 1.82) is 0 Å². The summed E-state index contributed by atoms with van der Waals surface area (Å²) in [6.07, 6.45) is 2.07. The standard InChI is InChI=1S/C24H25N3O3S/c1-6-27(7-2)18-13-19-17(12-20(18)31-5)24(21-14(3)25-26(4)22(21)29-19)16-11-9-8-10-15(16)23(28)30-24/h8-13H,6-7H2,1-5H3. The Hall–Kier alpha value is -2.93. The van der Waals surface area contributed by atoms with Crippen LogP contribution in [0.1, 0.15) is 46.6 Å². The number of carbonyl (C=O) groups is 1. The number of rotatable bonds is 4. The molecule has 0 amide bonds. The number of aromatic nitrogens is 2. The number of fused-ring (bicyclic) bond motifs is 6. The van der Waals surface area contributed by atoms with E-state index in [2.05, 4.69) is 42.2 Å². The van der Waals surface area contributed by atoms with Crippen LogP contribution in [0.3, 0.4) is 0 Å². The molecule has 0 fully saturated rings. The second-order valence-electron chi connectivity index (χ2n) is 7.80. The van der Waals surface area contributed by atoms with Crippen LogP contribution < -0.4 is 9.64 Å². The van der Waals surface area contributed by atoms with Crippen LogP contribution in [-0.4, -0.2) is 35.1 Å². The highest BCUT2D eigenvalue weighted by Gasteiger charge is 2.56. The van der Waals surface area contributed by atoms with Crippen molar-refractivity contribution in [2.24, 2.45) is 7.05 Å². The number of hydrogen-bond donors (Lipinski definition) is 0. The SMILES string of the molecule is CCN(CC)c1cc2c(cc1SC)C1(OC(=O)c3ccccc31)c1c(C)nn(C)c1O2. The first kappa shape index (κ1) is 20.0. The fourth-order valence-corrected chi connectivity index (χ4v) is 5.52. The molecule has 5 rings (SSSR count). The van der Waals surface area contributed by atoms with Crippen molar-refractivity contribution in [1.82, 2.24) is 9.78 Å². The second kappa shape index (κ2) is 7.05. The second-order valence-corrected chi connectivity index (χ2v) is 8.65. The Kier molecular flexibility index (Phi) is 4.55. The summed E-state index contributed by atoms with van der Waals surface area (Å²) in [7, 11) is 1.86. The van der Waals surface area contributed by atoms with Gasteiger partial charge in [0, 0.05) is 42.2 Å². The molecule has 3 aromatic rings. The number of esters is 1. The van der Waals surface area contributed by atoms with Crippen LogP contribution in [0.5, 0.6) is 11.6 Å². The lowest BCUT2D eigenvalue weighted by Crippen LogP contribution is -2.34. The van der Waals surface area contributed by atoms with Gasteiger partial charge in [-0.2, -0.15) is 5.10 Å². The van der Waals surface area contributed by atoms with Gasteiger partial charge in [-0.3, -0.25) is 0 Å². The molecule has 0 aliphatic carbocycles. The molecule has 1 unspecified atom stereocenters.